The second-order valence-corrected chi connectivity index (χ2v) is 5.38. The summed E-state index contributed by atoms with van der Waals surface area (Å²) >= 11 is 3.37. The van der Waals surface area contributed by atoms with E-state index in [1.807, 2.05) is 39.0 Å². The van der Waals surface area contributed by atoms with Crippen LogP contribution in [-0.2, 0) is 0 Å². The van der Waals surface area contributed by atoms with Crippen molar-refractivity contribution < 1.29 is 4.79 Å². The standard InChI is InChI=1S/C12H17BrN2O/c1-8-4-5-10(13)9(6-8)11(16)15-12(2,3)7-14/h4-6H,7,14H2,1-3H3,(H,15,16). The molecule has 16 heavy (non-hydrogen) atoms. The van der Waals surface area contributed by atoms with E-state index in [-0.39, 0.29) is 11.4 Å². The van der Waals surface area contributed by atoms with E-state index in [9.17, 15) is 4.79 Å². The molecule has 0 saturated heterocycles. The van der Waals surface area contributed by atoms with Crippen molar-refractivity contribution in [3.63, 3.8) is 0 Å². The first kappa shape index (κ1) is 13.2. The third kappa shape index (κ3) is 3.32. The SMILES string of the molecule is Cc1ccc(Br)c(C(=O)NC(C)(C)CN)c1. The van der Waals surface area contributed by atoms with Gasteiger partial charge < -0.3 is 11.1 Å². The van der Waals surface area contributed by atoms with Crippen LogP contribution in [0.5, 0.6) is 0 Å². The van der Waals surface area contributed by atoms with E-state index in [0.29, 0.717) is 12.1 Å². The number of rotatable bonds is 3. The largest absolute Gasteiger partial charge is 0.346 e. The van der Waals surface area contributed by atoms with Crippen LogP contribution in [0.4, 0.5) is 0 Å². The Bertz CT molecular complexity index is 402. The average molecular weight is 285 g/mol. The highest BCUT2D eigenvalue weighted by atomic mass is 79.9. The Hall–Kier alpha value is -0.870. The number of benzene rings is 1. The van der Waals surface area contributed by atoms with Gasteiger partial charge in [0.2, 0.25) is 0 Å². The molecule has 88 valence electrons. The minimum Gasteiger partial charge on any atom is -0.346 e. The number of carbonyl (C=O) groups is 1. The van der Waals surface area contributed by atoms with Crippen molar-refractivity contribution >= 4 is 21.8 Å². The topological polar surface area (TPSA) is 55.1 Å². The van der Waals surface area contributed by atoms with Crippen molar-refractivity contribution in [3.05, 3.63) is 33.8 Å². The molecule has 0 atom stereocenters. The van der Waals surface area contributed by atoms with Crippen LogP contribution >= 0.6 is 15.9 Å². The predicted molar refractivity (Wildman–Crippen MR) is 69.5 cm³/mol. The van der Waals surface area contributed by atoms with Crippen LogP contribution in [0.1, 0.15) is 29.8 Å². The molecular weight excluding hydrogens is 268 g/mol. The molecule has 4 heteroatoms. The van der Waals surface area contributed by atoms with E-state index in [1.165, 1.54) is 0 Å². The molecule has 1 amide bonds. The van der Waals surface area contributed by atoms with Crippen LogP contribution in [0.25, 0.3) is 0 Å². The van der Waals surface area contributed by atoms with Crippen molar-refractivity contribution in [1.82, 2.24) is 5.32 Å². The van der Waals surface area contributed by atoms with Crippen LogP contribution in [0, 0.1) is 6.92 Å². The van der Waals surface area contributed by atoms with E-state index < -0.39 is 0 Å². The first-order valence-corrected chi connectivity index (χ1v) is 5.94. The van der Waals surface area contributed by atoms with E-state index in [2.05, 4.69) is 21.2 Å². The number of nitrogens with two attached hydrogens (primary N) is 1. The molecule has 0 fully saturated rings. The lowest BCUT2D eigenvalue weighted by Crippen LogP contribution is -2.48. The summed E-state index contributed by atoms with van der Waals surface area (Å²) in [6.07, 6.45) is 0. The zero-order chi connectivity index (χ0) is 12.3. The Morgan fingerprint density at radius 3 is 2.69 bits per heavy atom. The number of amides is 1. The van der Waals surface area contributed by atoms with Gasteiger partial charge in [0.25, 0.3) is 5.91 Å². The fourth-order valence-electron chi connectivity index (χ4n) is 1.24. The summed E-state index contributed by atoms with van der Waals surface area (Å²) in [6, 6.07) is 5.68. The first-order chi connectivity index (χ1) is 7.35. The first-order valence-electron chi connectivity index (χ1n) is 5.14. The number of halogens is 1. The quantitative estimate of drug-likeness (QED) is 0.894. The van der Waals surface area contributed by atoms with E-state index in [0.717, 1.165) is 10.0 Å². The van der Waals surface area contributed by atoms with Gasteiger partial charge in [-0.1, -0.05) is 11.6 Å². The molecule has 0 aromatic heterocycles. The number of aryl methyl sites for hydroxylation is 1. The molecule has 1 aromatic rings. The fraction of sp³-hybridized carbons (Fsp3) is 0.417. The van der Waals surface area contributed by atoms with Gasteiger partial charge in [-0.25, -0.2) is 0 Å². The summed E-state index contributed by atoms with van der Waals surface area (Å²) in [7, 11) is 0. The Kier molecular flexibility index (Phi) is 4.10. The van der Waals surface area contributed by atoms with Gasteiger partial charge in [0, 0.05) is 16.6 Å². The highest BCUT2D eigenvalue weighted by Crippen LogP contribution is 2.18. The highest BCUT2D eigenvalue weighted by Gasteiger charge is 2.20. The maximum atomic E-state index is 12.0. The Balaban J connectivity index is 2.93. The predicted octanol–water partition coefficient (Wildman–Crippen LogP) is 2.22. The molecule has 3 N–H and O–H groups in total. The molecular formula is C12H17BrN2O. The Morgan fingerprint density at radius 1 is 1.50 bits per heavy atom. The molecule has 0 aliphatic rings. The van der Waals surface area contributed by atoms with Crippen molar-refractivity contribution in [2.24, 2.45) is 5.73 Å². The highest BCUT2D eigenvalue weighted by molar-refractivity contribution is 9.10. The summed E-state index contributed by atoms with van der Waals surface area (Å²) < 4.78 is 0.795. The molecule has 0 aliphatic carbocycles. The molecule has 0 saturated carbocycles. The second kappa shape index (κ2) is 4.97. The number of hydrogen-bond donors (Lipinski definition) is 2. The van der Waals surface area contributed by atoms with Gasteiger partial charge in [-0.05, 0) is 48.8 Å². The Morgan fingerprint density at radius 2 is 2.12 bits per heavy atom. The number of nitrogens with one attached hydrogen (secondary N) is 1. The zero-order valence-electron chi connectivity index (χ0n) is 9.80. The monoisotopic (exact) mass is 284 g/mol. The molecule has 1 rings (SSSR count). The maximum Gasteiger partial charge on any atom is 0.252 e. The third-order valence-corrected chi connectivity index (χ3v) is 3.02. The third-order valence-electron chi connectivity index (χ3n) is 2.33. The normalized spacial score (nSPS) is 11.3. The van der Waals surface area contributed by atoms with Gasteiger partial charge in [0.15, 0.2) is 0 Å². The lowest BCUT2D eigenvalue weighted by Gasteiger charge is -2.24. The molecule has 0 aliphatic heterocycles. The molecule has 3 nitrogen and oxygen atoms in total. The van der Waals surface area contributed by atoms with Crippen molar-refractivity contribution in [2.75, 3.05) is 6.54 Å². The van der Waals surface area contributed by atoms with Gasteiger partial charge in [-0.15, -0.1) is 0 Å². The van der Waals surface area contributed by atoms with Gasteiger partial charge in [0.05, 0.1) is 5.56 Å². The maximum absolute atomic E-state index is 12.0. The molecule has 0 spiro atoms. The molecule has 0 radical (unpaired) electrons. The van der Waals surface area contributed by atoms with Crippen molar-refractivity contribution in [3.8, 4) is 0 Å². The lowest BCUT2D eigenvalue weighted by molar-refractivity contribution is 0.0915. The molecule has 0 bridgehead atoms. The minimum atomic E-state index is -0.389. The summed E-state index contributed by atoms with van der Waals surface area (Å²) in [4.78, 5) is 12.0. The van der Waals surface area contributed by atoms with Crippen molar-refractivity contribution in [2.45, 2.75) is 26.3 Å². The van der Waals surface area contributed by atoms with Crippen LogP contribution in [0.15, 0.2) is 22.7 Å². The van der Waals surface area contributed by atoms with Gasteiger partial charge >= 0.3 is 0 Å². The van der Waals surface area contributed by atoms with Crippen LogP contribution in [0.3, 0.4) is 0 Å². The molecule has 1 aromatic carbocycles. The van der Waals surface area contributed by atoms with Gasteiger partial charge in [0.1, 0.15) is 0 Å². The number of hydrogen-bond acceptors (Lipinski definition) is 2. The summed E-state index contributed by atoms with van der Waals surface area (Å²) in [5.74, 6) is -0.106. The number of carbonyl (C=O) groups excluding carboxylic acids is 1. The smallest absolute Gasteiger partial charge is 0.252 e. The lowest BCUT2D eigenvalue weighted by atomic mass is 10.0. The van der Waals surface area contributed by atoms with Crippen LogP contribution in [0.2, 0.25) is 0 Å². The van der Waals surface area contributed by atoms with E-state index in [4.69, 9.17) is 5.73 Å². The molecule has 0 unspecified atom stereocenters. The van der Waals surface area contributed by atoms with Crippen LogP contribution in [-0.4, -0.2) is 18.0 Å². The summed E-state index contributed by atoms with van der Waals surface area (Å²) in [5.41, 5.74) is 6.88. The zero-order valence-corrected chi connectivity index (χ0v) is 11.4. The van der Waals surface area contributed by atoms with Gasteiger partial charge in [-0.3, -0.25) is 4.79 Å². The Labute approximate surface area is 105 Å². The average Bonchev–Trinajstić information content (AvgIpc) is 2.21. The molecule has 0 heterocycles. The minimum absolute atomic E-state index is 0.106. The van der Waals surface area contributed by atoms with E-state index >= 15 is 0 Å². The summed E-state index contributed by atoms with van der Waals surface area (Å²) in [6.45, 7) is 6.16. The summed E-state index contributed by atoms with van der Waals surface area (Å²) in [5, 5.41) is 2.90. The second-order valence-electron chi connectivity index (χ2n) is 4.53. The van der Waals surface area contributed by atoms with E-state index in [1.54, 1.807) is 0 Å². The van der Waals surface area contributed by atoms with Crippen LogP contribution < -0.4 is 11.1 Å². The fourth-order valence-corrected chi connectivity index (χ4v) is 1.67. The van der Waals surface area contributed by atoms with Crippen molar-refractivity contribution in [1.29, 1.82) is 0 Å². The van der Waals surface area contributed by atoms with Gasteiger partial charge in [-0.2, -0.15) is 0 Å².